The molecule has 0 spiro atoms. The molecule has 1 atom stereocenters. The predicted molar refractivity (Wildman–Crippen MR) is 52.9 cm³/mol. The third-order valence-corrected chi connectivity index (χ3v) is 4.12. The van der Waals surface area contributed by atoms with E-state index in [1.54, 1.807) is 12.1 Å². The summed E-state index contributed by atoms with van der Waals surface area (Å²) in [7, 11) is -3.10. The van der Waals surface area contributed by atoms with Crippen LogP contribution in [-0.4, -0.2) is 20.8 Å². The number of fused-ring (bicyclic) bond motifs is 1. The van der Waals surface area contributed by atoms with E-state index in [9.17, 15) is 8.42 Å². The highest BCUT2D eigenvalue weighted by atomic mass is 32.2. The number of hydrogen-bond acceptors (Lipinski definition) is 3. The number of hydrogen-bond donors (Lipinski definition) is 0. The molecule has 3 nitrogen and oxygen atoms in total. The van der Waals surface area contributed by atoms with Crippen molar-refractivity contribution in [1.82, 2.24) is 0 Å². The van der Waals surface area contributed by atoms with Crippen molar-refractivity contribution in [1.29, 1.82) is 0 Å². The van der Waals surface area contributed by atoms with Gasteiger partial charge in [0.15, 0.2) is 9.84 Å². The Morgan fingerprint density at radius 3 is 2.86 bits per heavy atom. The van der Waals surface area contributed by atoms with Crippen LogP contribution in [0.2, 0.25) is 0 Å². The fourth-order valence-electron chi connectivity index (χ4n) is 1.75. The zero-order valence-corrected chi connectivity index (χ0v) is 8.75. The van der Waals surface area contributed by atoms with Crippen molar-refractivity contribution < 1.29 is 13.2 Å². The number of benzene rings is 1. The van der Waals surface area contributed by atoms with E-state index in [2.05, 4.69) is 0 Å². The van der Waals surface area contributed by atoms with E-state index in [0.717, 1.165) is 5.56 Å². The molecular weight excluding hydrogens is 200 g/mol. The zero-order chi connectivity index (χ0) is 10.2. The van der Waals surface area contributed by atoms with Crippen molar-refractivity contribution in [3.63, 3.8) is 0 Å². The van der Waals surface area contributed by atoms with Crippen LogP contribution in [-0.2, 0) is 14.6 Å². The molecule has 4 heteroatoms. The summed E-state index contributed by atoms with van der Waals surface area (Å²) in [6.07, 6.45) is -0.277. The maximum absolute atomic E-state index is 11.7. The second kappa shape index (κ2) is 3.37. The van der Waals surface area contributed by atoms with Gasteiger partial charge in [0, 0.05) is 12.2 Å². The summed E-state index contributed by atoms with van der Waals surface area (Å²) in [6, 6.07) is 7.04. The first-order chi connectivity index (χ1) is 6.65. The van der Waals surface area contributed by atoms with E-state index in [1.807, 2.05) is 19.1 Å². The van der Waals surface area contributed by atoms with E-state index >= 15 is 0 Å². The van der Waals surface area contributed by atoms with Gasteiger partial charge >= 0.3 is 0 Å². The highest BCUT2D eigenvalue weighted by Gasteiger charge is 2.34. The van der Waals surface area contributed by atoms with E-state index in [1.165, 1.54) is 0 Å². The van der Waals surface area contributed by atoms with Gasteiger partial charge in [0.05, 0.1) is 16.8 Å². The summed E-state index contributed by atoms with van der Waals surface area (Å²) in [6.45, 7) is 2.40. The van der Waals surface area contributed by atoms with Crippen LogP contribution >= 0.6 is 0 Å². The van der Waals surface area contributed by atoms with E-state index < -0.39 is 9.84 Å². The quantitative estimate of drug-likeness (QED) is 0.747. The zero-order valence-electron chi connectivity index (χ0n) is 7.93. The summed E-state index contributed by atoms with van der Waals surface area (Å²) in [5.41, 5.74) is 0.800. The van der Waals surface area contributed by atoms with Gasteiger partial charge in [0.1, 0.15) is 0 Å². The molecule has 1 aromatic carbocycles. The Morgan fingerprint density at radius 1 is 1.43 bits per heavy atom. The molecule has 2 rings (SSSR count). The Labute approximate surface area is 83.6 Å². The molecule has 0 saturated heterocycles. The van der Waals surface area contributed by atoms with E-state index in [-0.39, 0.29) is 11.9 Å². The Morgan fingerprint density at radius 2 is 2.14 bits per heavy atom. The van der Waals surface area contributed by atoms with Crippen LogP contribution in [0.4, 0.5) is 0 Å². The predicted octanol–water partition coefficient (Wildman–Crippen LogP) is 1.55. The molecule has 0 amide bonds. The van der Waals surface area contributed by atoms with Gasteiger partial charge < -0.3 is 4.74 Å². The summed E-state index contributed by atoms with van der Waals surface area (Å²) in [5, 5.41) is 0. The van der Waals surface area contributed by atoms with E-state index in [0.29, 0.717) is 11.5 Å². The fourth-order valence-corrected chi connectivity index (χ4v) is 3.45. The minimum absolute atomic E-state index is 0.0835. The van der Waals surface area contributed by atoms with Gasteiger partial charge in [0.25, 0.3) is 0 Å². The van der Waals surface area contributed by atoms with Crippen molar-refractivity contribution in [2.24, 2.45) is 0 Å². The molecule has 14 heavy (non-hydrogen) atoms. The van der Waals surface area contributed by atoms with Gasteiger partial charge in [-0.25, -0.2) is 8.42 Å². The molecule has 1 aromatic rings. The molecule has 0 saturated carbocycles. The summed E-state index contributed by atoms with van der Waals surface area (Å²) < 4.78 is 28.7. The maximum atomic E-state index is 11.7. The smallest absolute Gasteiger partial charge is 0.181 e. The van der Waals surface area contributed by atoms with Crippen LogP contribution in [0.3, 0.4) is 0 Å². The van der Waals surface area contributed by atoms with Crippen molar-refractivity contribution in [2.45, 2.75) is 17.9 Å². The van der Waals surface area contributed by atoms with Gasteiger partial charge in [-0.2, -0.15) is 0 Å². The fraction of sp³-hybridized carbons (Fsp3) is 0.400. The van der Waals surface area contributed by atoms with Crippen molar-refractivity contribution in [3.05, 3.63) is 29.8 Å². The number of sulfone groups is 1. The van der Waals surface area contributed by atoms with Crippen molar-refractivity contribution >= 4 is 9.84 Å². The Hall–Kier alpha value is -0.870. The third-order valence-electron chi connectivity index (χ3n) is 2.34. The molecule has 0 bridgehead atoms. The summed E-state index contributed by atoms with van der Waals surface area (Å²) >= 11 is 0. The maximum Gasteiger partial charge on any atom is 0.181 e. The molecule has 1 heterocycles. The van der Waals surface area contributed by atoms with Crippen LogP contribution in [0.5, 0.6) is 0 Å². The summed E-state index contributed by atoms with van der Waals surface area (Å²) in [5.74, 6) is 0.0835. The first kappa shape index (κ1) is 9.68. The molecule has 0 fully saturated rings. The van der Waals surface area contributed by atoms with Gasteiger partial charge in [-0.1, -0.05) is 18.2 Å². The average Bonchev–Trinajstić information content (AvgIpc) is 2.41. The SMILES string of the molecule is CCO[C@@H]1CS(=O)(=O)c2ccccc21. The van der Waals surface area contributed by atoms with Crippen LogP contribution in [0, 0.1) is 0 Å². The lowest BCUT2D eigenvalue weighted by atomic mass is 10.1. The molecule has 76 valence electrons. The second-order valence-electron chi connectivity index (χ2n) is 3.26. The molecule has 0 radical (unpaired) electrons. The molecule has 0 N–H and O–H groups in total. The van der Waals surface area contributed by atoms with Crippen LogP contribution in [0.25, 0.3) is 0 Å². The minimum Gasteiger partial charge on any atom is -0.373 e. The Balaban J connectivity index is 2.50. The molecule has 1 aliphatic rings. The van der Waals surface area contributed by atoms with Gasteiger partial charge in [0.2, 0.25) is 0 Å². The lowest BCUT2D eigenvalue weighted by Gasteiger charge is -2.08. The number of ether oxygens (including phenoxy) is 1. The highest BCUT2D eigenvalue weighted by molar-refractivity contribution is 7.91. The monoisotopic (exact) mass is 212 g/mol. The first-order valence-corrected chi connectivity index (χ1v) is 6.23. The molecule has 1 aliphatic heterocycles. The van der Waals surface area contributed by atoms with Gasteiger partial charge in [-0.3, -0.25) is 0 Å². The van der Waals surface area contributed by atoms with Crippen LogP contribution in [0.1, 0.15) is 18.6 Å². The lowest BCUT2D eigenvalue weighted by Crippen LogP contribution is -2.06. The third kappa shape index (κ3) is 1.44. The minimum atomic E-state index is -3.10. The summed E-state index contributed by atoms with van der Waals surface area (Å²) in [4.78, 5) is 0.429. The Bertz CT molecular complexity index is 436. The van der Waals surface area contributed by atoms with Crippen LogP contribution < -0.4 is 0 Å². The molecule has 0 aliphatic carbocycles. The van der Waals surface area contributed by atoms with Gasteiger partial charge in [-0.15, -0.1) is 0 Å². The van der Waals surface area contributed by atoms with Crippen molar-refractivity contribution in [2.75, 3.05) is 12.4 Å². The average molecular weight is 212 g/mol. The van der Waals surface area contributed by atoms with E-state index in [4.69, 9.17) is 4.74 Å². The highest BCUT2D eigenvalue weighted by Crippen LogP contribution is 2.35. The van der Waals surface area contributed by atoms with Crippen molar-refractivity contribution in [3.8, 4) is 0 Å². The number of rotatable bonds is 2. The Kier molecular flexibility index (Phi) is 2.33. The standard InChI is InChI=1S/C10H12O3S/c1-2-13-9-7-14(11,12)10-6-4-3-5-8(9)10/h3-6,9H,2,7H2,1H3/t9-/m1/s1. The molecule has 0 aromatic heterocycles. The van der Waals surface area contributed by atoms with Crippen LogP contribution in [0.15, 0.2) is 29.2 Å². The second-order valence-corrected chi connectivity index (χ2v) is 5.27. The lowest BCUT2D eigenvalue weighted by molar-refractivity contribution is 0.0800. The normalized spacial score (nSPS) is 23.4. The topological polar surface area (TPSA) is 43.4 Å². The molecule has 0 unspecified atom stereocenters. The largest absolute Gasteiger partial charge is 0.373 e. The van der Waals surface area contributed by atoms with Gasteiger partial charge in [-0.05, 0) is 13.0 Å². The first-order valence-electron chi connectivity index (χ1n) is 4.58. The molecular formula is C10H12O3S.